The fraction of sp³-hybridized carbons (Fsp3) is 0.167. The quantitative estimate of drug-likeness (QED) is 0.732. The highest BCUT2D eigenvalue weighted by Crippen LogP contribution is 2.23. The van der Waals surface area contributed by atoms with Gasteiger partial charge >= 0.3 is 6.03 Å². The van der Waals surface area contributed by atoms with Gasteiger partial charge in [0.25, 0.3) is 0 Å². The third-order valence-corrected chi connectivity index (χ3v) is 3.80. The fourth-order valence-electron chi connectivity index (χ4n) is 2.36. The third-order valence-electron chi connectivity index (χ3n) is 3.56. The molecule has 118 valence electrons. The van der Waals surface area contributed by atoms with Crippen LogP contribution >= 0.6 is 11.6 Å². The van der Waals surface area contributed by atoms with Gasteiger partial charge in [-0.25, -0.2) is 4.79 Å². The molecule has 0 spiro atoms. The molecule has 0 unspecified atom stereocenters. The van der Waals surface area contributed by atoms with Crippen LogP contribution in [0.5, 0.6) is 0 Å². The molecule has 4 nitrogen and oxygen atoms in total. The normalized spacial score (nSPS) is 12.1. The van der Waals surface area contributed by atoms with E-state index in [1.54, 1.807) is 6.07 Å². The number of carbonyl (C=O) groups is 1. The van der Waals surface area contributed by atoms with Crippen molar-refractivity contribution in [3.05, 3.63) is 70.9 Å². The molecular weight excluding hydrogens is 312 g/mol. The van der Waals surface area contributed by atoms with Crippen LogP contribution < -0.4 is 10.6 Å². The molecule has 0 bridgehead atoms. The van der Waals surface area contributed by atoms with Crippen LogP contribution in [0.1, 0.15) is 24.3 Å². The molecule has 2 N–H and O–H groups in total. The van der Waals surface area contributed by atoms with E-state index in [-0.39, 0.29) is 12.1 Å². The Bertz CT molecular complexity index is 796. The van der Waals surface area contributed by atoms with Crippen LogP contribution in [0.4, 0.5) is 4.79 Å². The number of rotatable bonds is 4. The number of furan rings is 1. The lowest BCUT2D eigenvalue weighted by atomic mass is 10.2. The van der Waals surface area contributed by atoms with Gasteiger partial charge in [0.1, 0.15) is 11.3 Å². The summed E-state index contributed by atoms with van der Waals surface area (Å²) in [6.45, 7) is 2.30. The number of fused-ring (bicyclic) bond motifs is 1. The average Bonchev–Trinajstić information content (AvgIpc) is 2.97. The molecule has 0 saturated carbocycles. The van der Waals surface area contributed by atoms with Gasteiger partial charge in [-0.05, 0) is 36.8 Å². The Hall–Kier alpha value is -2.46. The number of carbonyl (C=O) groups excluding carboxylic acids is 1. The first-order valence-electron chi connectivity index (χ1n) is 7.39. The molecule has 23 heavy (non-hydrogen) atoms. The summed E-state index contributed by atoms with van der Waals surface area (Å²) in [4.78, 5) is 12.0. The Morgan fingerprint density at radius 1 is 1.17 bits per heavy atom. The number of hydrogen-bond acceptors (Lipinski definition) is 2. The minimum Gasteiger partial charge on any atom is -0.459 e. The number of amides is 2. The van der Waals surface area contributed by atoms with Crippen molar-refractivity contribution in [1.29, 1.82) is 0 Å². The maximum atomic E-state index is 12.0. The van der Waals surface area contributed by atoms with Crippen molar-refractivity contribution < 1.29 is 9.21 Å². The molecule has 0 radical (unpaired) electrons. The van der Waals surface area contributed by atoms with Gasteiger partial charge in [0, 0.05) is 17.0 Å². The van der Waals surface area contributed by atoms with Crippen molar-refractivity contribution in [3.8, 4) is 0 Å². The molecule has 0 aliphatic rings. The molecule has 5 heteroatoms. The summed E-state index contributed by atoms with van der Waals surface area (Å²) >= 11 is 5.92. The molecule has 2 amide bonds. The Morgan fingerprint density at radius 3 is 2.78 bits per heavy atom. The van der Waals surface area contributed by atoms with E-state index in [2.05, 4.69) is 10.6 Å². The van der Waals surface area contributed by atoms with Crippen molar-refractivity contribution in [1.82, 2.24) is 10.6 Å². The van der Waals surface area contributed by atoms with Gasteiger partial charge < -0.3 is 15.1 Å². The molecule has 2 aromatic carbocycles. The number of urea groups is 1. The number of hydrogen-bond donors (Lipinski definition) is 2. The molecule has 0 aliphatic carbocycles. The topological polar surface area (TPSA) is 54.3 Å². The summed E-state index contributed by atoms with van der Waals surface area (Å²) in [5.74, 6) is 0.726. The predicted octanol–water partition coefficient (Wildman–Crippen LogP) is 4.65. The van der Waals surface area contributed by atoms with E-state index < -0.39 is 0 Å². The van der Waals surface area contributed by atoms with Crippen LogP contribution in [0.3, 0.4) is 0 Å². The van der Waals surface area contributed by atoms with Gasteiger partial charge in [0.15, 0.2) is 0 Å². The molecule has 1 aromatic heterocycles. The zero-order chi connectivity index (χ0) is 16.2. The fourth-order valence-corrected chi connectivity index (χ4v) is 2.58. The SMILES string of the molecule is C[C@@H](NC(=O)NCc1cccc(Cl)c1)c1cc2ccccc2o1. The van der Waals surface area contributed by atoms with Crippen LogP contribution in [0, 0.1) is 0 Å². The zero-order valence-corrected chi connectivity index (χ0v) is 13.4. The molecule has 1 heterocycles. The van der Waals surface area contributed by atoms with Crippen molar-refractivity contribution in [2.45, 2.75) is 19.5 Å². The molecule has 0 saturated heterocycles. The molecule has 1 atom stereocenters. The highest BCUT2D eigenvalue weighted by Gasteiger charge is 2.13. The third kappa shape index (κ3) is 3.85. The van der Waals surface area contributed by atoms with Gasteiger partial charge in [0.2, 0.25) is 0 Å². The van der Waals surface area contributed by atoms with Crippen LogP contribution in [0.2, 0.25) is 5.02 Å². The standard InChI is InChI=1S/C18H17ClN2O2/c1-12(17-10-14-6-2-3-8-16(14)23-17)21-18(22)20-11-13-5-4-7-15(19)9-13/h2-10,12H,11H2,1H3,(H2,20,21,22)/t12-/m1/s1. The molecule has 0 fully saturated rings. The van der Waals surface area contributed by atoms with Crippen LogP contribution in [-0.4, -0.2) is 6.03 Å². The average molecular weight is 329 g/mol. The lowest BCUT2D eigenvalue weighted by Gasteiger charge is -2.12. The second kappa shape index (κ2) is 6.75. The first-order valence-corrected chi connectivity index (χ1v) is 7.77. The predicted molar refractivity (Wildman–Crippen MR) is 91.5 cm³/mol. The van der Waals surface area contributed by atoms with Crippen LogP contribution in [0.25, 0.3) is 11.0 Å². The van der Waals surface area contributed by atoms with E-state index in [1.165, 1.54) is 0 Å². The Morgan fingerprint density at radius 2 is 2.00 bits per heavy atom. The van der Waals surface area contributed by atoms with E-state index in [0.29, 0.717) is 11.6 Å². The van der Waals surface area contributed by atoms with Gasteiger partial charge in [0.05, 0.1) is 6.04 Å². The highest BCUT2D eigenvalue weighted by molar-refractivity contribution is 6.30. The van der Waals surface area contributed by atoms with Gasteiger partial charge in [-0.3, -0.25) is 0 Å². The maximum Gasteiger partial charge on any atom is 0.315 e. The minimum absolute atomic E-state index is 0.221. The first kappa shape index (κ1) is 15.4. The van der Waals surface area contributed by atoms with Crippen molar-refractivity contribution in [3.63, 3.8) is 0 Å². The van der Waals surface area contributed by atoms with Gasteiger partial charge in [-0.2, -0.15) is 0 Å². The molecule has 0 aliphatic heterocycles. The summed E-state index contributed by atoms with van der Waals surface area (Å²) in [5.41, 5.74) is 1.76. The van der Waals surface area contributed by atoms with Crippen LogP contribution in [0.15, 0.2) is 59.0 Å². The highest BCUT2D eigenvalue weighted by atomic mass is 35.5. The Balaban J connectivity index is 1.58. The zero-order valence-electron chi connectivity index (χ0n) is 12.7. The maximum absolute atomic E-state index is 12.0. The number of para-hydroxylation sites is 1. The summed E-state index contributed by atoms with van der Waals surface area (Å²) in [7, 11) is 0. The van der Waals surface area contributed by atoms with E-state index >= 15 is 0 Å². The van der Waals surface area contributed by atoms with Crippen molar-refractivity contribution in [2.75, 3.05) is 0 Å². The smallest absolute Gasteiger partial charge is 0.315 e. The van der Waals surface area contributed by atoms with Gasteiger partial charge in [-0.1, -0.05) is 41.9 Å². The first-order chi connectivity index (χ1) is 11.1. The lowest BCUT2D eigenvalue weighted by Crippen LogP contribution is -2.36. The summed E-state index contributed by atoms with van der Waals surface area (Å²) in [5, 5.41) is 7.35. The Labute approximate surface area is 139 Å². The van der Waals surface area contributed by atoms with Crippen molar-refractivity contribution in [2.24, 2.45) is 0 Å². The monoisotopic (exact) mass is 328 g/mol. The Kier molecular flexibility index (Phi) is 4.53. The molecule has 3 rings (SSSR count). The molecule has 3 aromatic rings. The largest absolute Gasteiger partial charge is 0.459 e. The van der Waals surface area contributed by atoms with E-state index in [4.69, 9.17) is 16.0 Å². The van der Waals surface area contributed by atoms with Gasteiger partial charge in [-0.15, -0.1) is 0 Å². The summed E-state index contributed by atoms with van der Waals surface area (Å²) in [6.07, 6.45) is 0. The van der Waals surface area contributed by atoms with E-state index in [1.807, 2.05) is 55.5 Å². The second-order valence-electron chi connectivity index (χ2n) is 5.37. The number of nitrogens with one attached hydrogen (secondary N) is 2. The molecular formula is C18H17ClN2O2. The van der Waals surface area contributed by atoms with Crippen molar-refractivity contribution >= 4 is 28.6 Å². The lowest BCUT2D eigenvalue weighted by molar-refractivity contribution is 0.236. The van der Waals surface area contributed by atoms with E-state index in [0.717, 1.165) is 22.3 Å². The van der Waals surface area contributed by atoms with Crippen LogP contribution in [-0.2, 0) is 6.54 Å². The summed E-state index contributed by atoms with van der Waals surface area (Å²) < 4.78 is 5.75. The minimum atomic E-state index is -0.252. The second-order valence-corrected chi connectivity index (χ2v) is 5.80. The summed E-state index contributed by atoms with van der Waals surface area (Å²) in [6, 6.07) is 16.6. The number of halogens is 1. The number of benzene rings is 2. The van der Waals surface area contributed by atoms with E-state index in [9.17, 15) is 4.79 Å².